The van der Waals surface area contributed by atoms with Gasteiger partial charge in [-0.2, -0.15) is 0 Å². The number of fused-ring (bicyclic) bond motifs is 1. The summed E-state index contributed by atoms with van der Waals surface area (Å²) >= 11 is 0. The van der Waals surface area contributed by atoms with Crippen LogP contribution in [0.25, 0.3) is 10.9 Å². The average Bonchev–Trinajstić information content (AvgIpc) is 2.46. The minimum atomic E-state index is 0.171. The molecular weight excluding hydrogens is 154 g/mol. The van der Waals surface area contributed by atoms with Crippen LogP contribution in [-0.4, -0.2) is 16.4 Å². The molecule has 2 rings (SSSR count). The molecule has 0 aliphatic rings. The van der Waals surface area contributed by atoms with Crippen molar-refractivity contribution in [1.29, 1.82) is 0 Å². The van der Waals surface area contributed by atoms with Crippen LogP contribution in [0.5, 0.6) is 5.75 Å². The molecule has 3 nitrogen and oxygen atoms in total. The number of H-pyrrole nitrogens is 1. The van der Waals surface area contributed by atoms with E-state index >= 15 is 0 Å². The summed E-state index contributed by atoms with van der Waals surface area (Å²) in [5.74, 6) is 0.171. The van der Waals surface area contributed by atoms with E-state index in [1.807, 2.05) is 0 Å². The normalized spacial score (nSPS) is 10.3. The van der Waals surface area contributed by atoms with Gasteiger partial charge in [0.05, 0.1) is 0 Å². The fourth-order valence-electron chi connectivity index (χ4n) is 1.23. The van der Waals surface area contributed by atoms with Gasteiger partial charge in [0.1, 0.15) is 5.75 Å². The van der Waals surface area contributed by atoms with Crippen LogP contribution in [-0.2, 0) is 0 Å². The molecule has 60 valence electrons. The van der Waals surface area contributed by atoms with Crippen molar-refractivity contribution < 1.29 is 9.90 Å². The van der Waals surface area contributed by atoms with Gasteiger partial charge in [0.25, 0.3) is 0 Å². The molecule has 3 heteroatoms. The third-order valence-corrected chi connectivity index (χ3v) is 1.82. The lowest BCUT2D eigenvalue weighted by Gasteiger charge is -1.91. The Bertz CT molecular complexity index is 431. The topological polar surface area (TPSA) is 53.1 Å². The molecule has 0 aliphatic heterocycles. The summed E-state index contributed by atoms with van der Waals surface area (Å²) in [4.78, 5) is 13.4. The van der Waals surface area contributed by atoms with Crippen LogP contribution in [0.1, 0.15) is 10.4 Å². The second-order valence-corrected chi connectivity index (χ2v) is 2.59. The van der Waals surface area contributed by atoms with Crippen molar-refractivity contribution in [2.24, 2.45) is 0 Å². The lowest BCUT2D eigenvalue weighted by atomic mass is 10.2. The molecule has 1 aromatic heterocycles. The van der Waals surface area contributed by atoms with E-state index in [9.17, 15) is 4.79 Å². The number of carbonyl (C=O) groups excluding carboxylic acids is 1. The zero-order chi connectivity index (χ0) is 8.55. The highest BCUT2D eigenvalue weighted by Gasteiger charge is 2.01. The average molecular weight is 161 g/mol. The van der Waals surface area contributed by atoms with E-state index in [1.54, 1.807) is 24.4 Å². The maximum absolute atomic E-state index is 10.5. The fourth-order valence-corrected chi connectivity index (χ4v) is 1.23. The second kappa shape index (κ2) is 2.37. The van der Waals surface area contributed by atoms with Crippen LogP contribution >= 0.6 is 0 Å². The van der Waals surface area contributed by atoms with Crippen molar-refractivity contribution in [2.75, 3.05) is 0 Å². The summed E-state index contributed by atoms with van der Waals surface area (Å²) in [6.45, 7) is 0. The molecule has 0 saturated carbocycles. The van der Waals surface area contributed by atoms with Crippen LogP contribution in [0, 0.1) is 0 Å². The lowest BCUT2D eigenvalue weighted by Crippen LogP contribution is -1.73. The molecular formula is C9H7NO2. The zero-order valence-corrected chi connectivity index (χ0v) is 6.24. The van der Waals surface area contributed by atoms with Gasteiger partial charge < -0.3 is 10.1 Å². The molecule has 0 unspecified atom stereocenters. The van der Waals surface area contributed by atoms with Gasteiger partial charge in [0.15, 0.2) is 6.29 Å². The Kier molecular flexibility index (Phi) is 1.37. The maximum Gasteiger partial charge on any atom is 0.152 e. The van der Waals surface area contributed by atoms with E-state index in [0.717, 1.165) is 17.2 Å². The molecule has 2 aromatic rings. The minimum absolute atomic E-state index is 0.171. The van der Waals surface area contributed by atoms with E-state index in [1.165, 1.54) is 0 Å². The fraction of sp³-hybridized carbons (Fsp3) is 0. The summed E-state index contributed by atoms with van der Waals surface area (Å²) < 4.78 is 0. The number of aromatic hydroxyl groups is 1. The quantitative estimate of drug-likeness (QED) is 0.625. The van der Waals surface area contributed by atoms with Gasteiger partial charge in [-0.25, -0.2) is 0 Å². The second-order valence-electron chi connectivity index (χ2n) is 2.59. The van der Waals surface area contributed by atoms with Crippen molar-refractivity contribution in [1.82, 2.24) is 4.98 Å². The van der Waals surface area contributed by atoms with Crippen molar-refractivity contribution in [3.8, 4) is 5.75 Å². The van der Waals surface area contributed by atoms with Crippen LogP contribution in [0.15, 0.2) is 24.4 Å². The number of aldehydes is 1. The number of phenolic OH excluding ortho intramolecular Hbond substituents is 1. The van der Waals surface area contributed by atoms with Gasteiger partial charge in [0.2, 0.25) is 0 Å². The first-order valence-corrected chi connectivity index (χ1v) is 3.56. The first kappa shape index (κ1) is 6.91. The molecule has 0 bridgehead atoms. The van der Waals surface area contributed by atoms with Crippen LogP contribution in [0.4, 0.5) is 0 Å². The molecule has 0 saturated heterocycles. The molecule has 2 N–H and O–H groups in total. The Morgan fingerprint density at radius 1 is 1.42 bits per heavy atom. The number of aromatic amines is 1. The number of aromatic nitrogens is 1. The van der Waals surface area contributed by atoms with E-state index in [4.69, 9.17) is 5.11 Å². The standard InChI is InChI=1S/C9H7NO2/c11-5-6-4-10-9-2-1-7(12)3-8(6)9/h1-5,10,12H. The maximum atomic E-state index is 10.5. The summed E-state index contributed by atoms with van der Waals surface area (Å²) in [5, 5.41) is 9.89. The highest BCUT2D eigenvalue weighted by Crippen LogP contribution is 2.21. The van der Waals surface area contributed by atoms with Crippen LogP contribution in [0.3, 0.4) is 0 Å². The molecule has 0 fully saturated rings. The molecule has 12 heavy (non-hydrogen) atoms. The monoisotopic (exact) mass is 161 g/mol. The van der Waals surface area contributed by atoms with Crippen molar-refractivity contribution in [3.05, 3.63) is 30.0 Å². The van der Waals surface area contributed by atoms with Crippen molar-refractivity contribution in [3.63, 3.8) is 0 Å². The first-order valence-electron chi connectivity index (χ1n) is 3.56. The molecule has 0 spiro atoms. The predicted octanol–water partition coefficient (Wildman–Crippen LogP) is 1.69. The molecule has 0 aliphatic carbocycles. The molecule has 0 amide bonds. The van der Waals surface area contributed by atoms with Crippen LogP contribution in [0.2, 0.25) is 0 Å². The van der Waals surface area contributed by atoms with Gasteiger partial charge in [-0.1, -0.05) is 0 Å². The van der Waals surface area contributed by atoms with E-state index in [2.05, 4.69) is 4.98 Å². The third kappa shape index (κ3) is 0.871. The predicted molar refractivity (Wildman–Crippen MR) is 45.4 cm³/mol. The Hall–Kier alpha value is -1.77. The Morgan fingerprint density at radius 2 is 2.25 bits per heavy atom. The highest BCUT2D eigenvalue weighted by molar-refractivity contribution is 5.97. The zero-order valence-electron chi connectivity index (χ0n) is 6.24. The number of phenols is 1. The molecule has 1 aromatic carbocycles. The Balaban J connectivity index is 2.83. The SMILES string of the molecule is O=Cc1c[nH]c2ccc(O)cc12. The number of benzene rings is 1. The lowest BCUT2D eigenvalue weighted by molar-refractivity contribution is 0.112. The molecule has 1 heterocycles. The highest BCUT2D eigenvalue weighted by atomic mass is 16.3. The number of rotatable bonds is 1. The summed E-state index contributed by atoms with van der Waals surface area (Å²) in [6.07, 6.45) is 2.38. The van der Waals surface area contributed by atoms with E-state index in [0.29, 0.717) is 5.56 Å². The first-order chi connectivity index (χ1) is 5.81. The van der Waals surface area contributed by atoms with Gasteiger partial charge >= 0.3 is 0 Å². The number of carbonyl (C=O) groups is 1. The molecule has 0 atom stereocenters. The van der Waals surface area contributed by atoms with Crippen molar-refractivity contribution in [2.45, 2.75) is 0 Å². The Morgan fingerprint density at radius 3 is 3.00 bits per heavy atom. The number of nitrogens with one attached hydrogen (secondary N) is 1. The summed E-state index contributed by atoms with van der Waals surface area (Å²) in [7, 11) is 0. The van der Waals surface area contributed by atoms with Gasteiger partial charge in [-0.15, -0.1) is 0 Å². The van der Waals surface area contributed by atoms with Gasteiger partial charge in [0, 0.05) is 22.7 Å². The van der Waals surface area contributed by atoms with Gasteiger partial charge in [-0.3, -0.25) is 4.79 Å². The number of hydrogen-bond acceptors (Lipinski definition) is 2. The van der Waals surface area contributed by atoms with Crippen LogP contribution < -0.4 is 0 Å². The van der Waals surface area contributed by atoms with Gasteiger partial charge in [-0.05, 0) is 18.2 Å². The largest absolute Gasteiger partial charge is 0.508 e. The Labute approximate surface area is 68.6 Å². The third-order valence-electron chi connectivity index (χ3n) is 1.82. The minimum Gasteiger partial charge on any atom is -0.508 e. The van der Waals surface area contributed by atoms with E-state index < -0.39 is 0 Å². The smallest absolute Gasteiger partial charge is 0.152 e. The summed E-state index contributed by atoms with van der Waals surface area (Å²) in [5.41, 5.74) is 1.43. The molecule has 0 radical (unpaired) electrons. The summed E-state index contributed by atoms with van der Waals surface area (Å²) in [6, 6.07) is 4.88. The van der Waals surface area contributed by atoms with E-state index in [-0.39, 0.29) is 5.75 Å². The number of hydrogen-bond donors (Lipinski definition) is 2. The van der Waals surface area contributed by atoms with Crippen molar-refractivity contribution >= 4 is 17.2 Å².